The van der Waals surface area contributed by atoms with Crippen molar-refractivity contribution in [3.8, 4) is 0 Å². The molecule has 1 aromatic heterocycles. The Labute approximate surface area is 137 Å². The van der Waals surface area contributed by atoms with Gasteiger partial charge in [0.1, 0.15) is 5.60 Å². The lowest BCUT2D eigenvalue weighted by Gasteiger charge is -2.44. The molecule has 0 aromatic carbocycles. The van der Waals surface area contributed by atoms with Gasteiger partial charge in [0, 0.05) is 31.1 Å². The maximum Gasteiger partial charge on any atom is 0.281 e. The monoisotopic (exact) mass is 344 g/mol. The third kappa shape index (κ3) is 2.63. The van der Waals surface area contributed by atoms with Crippen molar-refractivity contribution in [2.24, 2.45) is 0 Å². The Kier molecular flexibility index (Phi) is 4.62. The molecule has 7 heteroatoms. The fourth-order valence-corrected chi connectivity index (χ4v) is 6.31. The Bertz CT molecular complexity index is 614. The highest BCUT2D eigenvalue weighted by molar-refractivity contribution is 7.86. The number of piperidine rings is 1. The maximum atomic E-state index is 12.6. The van der Waals surface area contributed by atoms with E-state index in [0.29, 0.717) is 26.2 Å². The molecule has 1 saturated heterocycles. The number of fused-ring (bicyclic) bond motifs is 2. The minimum absolute atomic E-state index is 0.253. The number of hydrogen-bond acceptors (Lipinski definition) is 4. The lowest BCUT2D eigenvalue weighted by molar-refractivity contribution is -0.0865. The van der Waals surface area contributed by atoms with Crippen LogP contribution < -0.4 is 0 Å². The molecule has 5 nitrogen and oxygen atoms in total. The summed E-state index contributed by atoms with van der Waals surface area (Å²) in [5, 5.41) is 2.13. The summed E-state index contributed by atoms with van der Waals surface area (Å²) >= 11 is 1.75. The van der Waals surface area contributed by atoms with Crippen molar-refractivity contribution in [2.45, 2.75) is 38.7 Å². The molecule has 0 atom stereocenters. The molecule has 3 heterocycles. The van der Waals surface area contributed by atoms with Crippen molar-refractivity contribution in [2.75, 3.05) is 32.8 Å². The molecular formula is C15H24N2O3S2. The van der Waals surface area contributed by atoms with Crippen LogP contribution in [-0.4, -0.2) is 49.8 Å². The molecule has 0 bridgehead atoms. The van der Waals surface area contributed by atoms with Crippen LogP contribution in [0.2, 0.25) is 0 Å². The normalized spacial score (nSPS) is 22.1. The van der Waals surface area contributed by atoms with Gasteiger partial charge in [-0.25, -0.2) is 0 Å². The summed E-state index contributed by atoms with van der Waals surface area (Å²) in [7, 11) is -3.33. The van der Waals surface area contributed by atoms with Crippen molar-refractivity contribution < 1.29 is 13.2 Å². The van der Waals surface area contributed by atoms with Crippen LogP contribution in [0.15, 0.2) is 11.4 Å². The van der Waals surface area contributed by atoms with Gasteiger partial charge in [0.2, 0.25) is 0 Å². The van der Waals surface area contributed by atoms with E-state index in [4.69, 9.17) is 4.74 Å². The number of hydrogen-bond donors (Lipinski definition) is 0. The van der Waals surface area contributed by atoms with Crippen LogP contribution in [0.1, 0.15) is 37.1 Å². The average molecular weight is 345 g/mol. The molecule has 0 N–H and O–H groups in total. The van der Waals surface area contributed by atoms with Gasteiger partial charge in [0.25, 0.3) is 10.2 Å². The summed E-state index contributed by atoms with van der Waals surface area (Å²) < 4.78 is 34.5. The molecule has 0 saturated carbocycles. The number of thiophene rings is 1. The molecule has 0 amide bonds. The predicted octanol–water partition coefficient (Wildman–Crippen LogP) is 2.20. The molecule has 0 radical (unpaired) electrons. The van der Waals surface area contributed by atoms with Crippen molar-refractivity contribution in [3.63, 3.8) is 0 Å². The molecule has 124 valence electrons. The summed E-state index contributed by atoms with van der Waals surface area (Å²) in [5.74, 6) is 0. The average Bonchev–Trinajstić information content (AvgIpc) is 2.99. The zero-order valence-electron chi connectivity index (χ0n) is 13.2. The van der Waals surface area contributed by atoms with Crippen LogP contribution in [0, 0.1) is 0 Å². The van der Waals surface area contributed by atoms with E-state index in [1.165, 1.54) is 14.7 Å². The Morgan fingerprint density at radius 3 is 2.64 bits per heavy atom. The first-order valence-electron chi connectivity index (χ1n) is 7.99. The van der Waals surface area contributed by atoms with E-state index < -0.39 is 10.2 Å². The second kappa shape index (κ2) is 6.20. The first-order valence-corrected chi connectivity index (χ1v) is 10.3. The zero-order valence-corrected chi connectivity index (χ0v) is 14.9. The van der Waals surface area contributed by atoms with E-state index >= 15 is 0 Å². The van der Waals surface area contributed by atoms with Gasteiger partial charge >= 0.3 is 0 Å². The highest BCUT2D eigenvalue weighted by Gasteiger charge is 2.44. The Morgan fingerprint density at radius 2 is 2.00 bits per heavy atom. The van der Waals surface area contributed by atoms with Crippen LogP contribution >= 0.6 is 11.3 Å². The third-order valence-corrected chi connectivity index (χ3v) is 8.13. The van der Waals surface area contributed by atoms with Crippen molar-refractivity contribution >= 4 is 21.5 Å². The summed E-state index contributed by atoms with van der Waals surface area (Å²) in [6.45, 7) is 6.63. The second-order valence-corrected chi connectivity index (χ2v) is 8.70. The standard InChI is InChI=1S/C15H24N2O3S2/c1-3-16(4-2)22(18,19)17-9-7-15(8-10-17)14-13(5-11-20-15)6-12-21-14/h6,12H,3-5,7-11H2,1-2H3. The fourth-order valence-electron chi connectivity index (χ4n) is 3.52. The maximum absolute atomic E-state index is 12.6. The topological polar surface area (TPSA) is 49.9 Å². The molecule has 0 unspecified atom stereocenters. The number of nitrogens with zero attached hydrogens (tertiary/aromatic N) is 2. The smallest absolute Gasteiger partial charge is 0.281 e. The van der Waals surface area contributed by atoms with Crippen LogP contribution in [-0.2, 0) is 27.0 Å². The predicted molar refractivity (Wildman–Crippen MR) is 88.3 cm³/mol. The van der Waals surface area contributed by atoms with Crippen molar-refractivity contribution in [1.29, 1.82) is 0 Å². The van der Waals surface area contributed by atoms with E-state index in [-0.39, 0.29) is 5.60 Å². The summed E-state index contributed by atoms with van der Waals surface area (Å²) in [5.41, 5.74) is 1.13. The van der Waals surface area contributed by atoms with Gasteiger partial charge in [0.05, 0.1) is 6.61 Å². The molecule has 1 spiro atoms. The van der Waals surface area contributed by atoms with Crippen LogP contribution in [0.5, 0.6) is 0 Å². The van der Waals surface area contributed by atoms with E-state index in [2.05, 4.69) is 11.4 Å². The first-order chi connectivity index (χ1) is 10.5. The summed E-state index contributed by atoms with van der Waals surface area (Å²) in [6.07, 6.45) is 2.48. The van der Waals surface area contributed by atoms with Crippen LogP contribution in [0.4, 0.5) is 0 Å². The minimum Gasteiger partial charge on any atom is -0.369 e. The van der Waals surface area contributed by atoms with E-state index in [9.17, 15) is 8.42 Å². The molecule has 1 fully saturated rings. The van der Waals surface area contributed by atoms with Crippen molar-refractivity contribution in [3.05, 3.63) is 21.9 Å². The summed E-state index contributed by atoms with van der Waals surface area (Å²) in [4.78, 5) is 1.32. The highest BCUT2D eigenvalue weighted by Crippen LogP contribution is 2.44. The van der Waals surface area contributed by atoms with Gasteiger partial charge in [-0.1, -0.05) is 13.8 Å². The van der Waals surface area contributed by atoms with Gasteiger partial charge in [-0.05, 0) is 36.3 Å². The second-order valence-electron chi connectivity index (χ2n) is 5.86. The van der Waals surface area contributed by atoms with Gasteiger partial charge < -0.3 is 4.74 Å². The van der Waals surface area contributed by atoms with Crippen LogP contribution in [0.3, 0.4) is 0 Å². The molecular weight excluding hydrogens is 320 g/mol. The SMILES string of the molecule is CCN(CC)S(=O)(=O)N1CCC2(CC1)OCCc1ccsc12. The number of ether oxygens (including phenoxy) is 1. The molecule has 3 rings (SSSR count). The highest BCUT2D eigenvalue weighted by atomic mass is 32.2. The molecule has 2 aliphatic heterocycles. The molecule has 2 aliphatic rings. The molecule has 1 aromatic rings. The van der Waals surface area contributed by atoms with E-state index in [1.807, 2.05) is 13.8 Å². The largest absolute Gasteiger partial charge is 0.369 e. The van der Waals surface area contributed by atoms with Crippen molar-refractivity contribution in [1.82, 2.24) is 8.61 Å². The Hall–Kier alpha value is -0.470. The van der Waals surface area contributed by atoms with Crippen LogP contribution in [0.25, 0.3) is 0 Å². The fraction of sp³-hybridized carbons (Fsp3) is 0.733. The minimum atomic E-state index is -3.33. The van der Waals surface area contributed by atoms with Gasteiger partial charge in [-0.3, -0.25) is 0 Å². The molecule has 0 aliphatic carbocycles. The number of rotatable bonds is 4. The van der Waals surface area contributed by atoms with E-state index in [0.717, 1.165) is 25.9 Å². The molecule has 22 heavy (non-hydrogen) atoms. The van der Waals surface area contributed by atoms with Gasteiger partial charge in [-0.15, -0.1) is 11.3 Å². The zero-order chi connectivity index (χ0) is 15.8. The Balaban J connectivity index is 1.77. The van der Waals surface area contributed by atoms with E-state index in [1.54, 1.807) is 15.6 Å². The lowest BCUT2D eigenvalue weighted by Crippen LogP contribution is -2.51. The Morgan fingerprint density at radius 1 is 1.32 bits per heavy atom. The quantitative estimate of drug-likeness (QED) is 0.841. The van der Waals surface area contributed by atoms with Gasteiger partial charge in [-0.2, -0.15) is 17.0 Å². The van der Waals surface area contributed by atoms with Gasteiger partial charge in [0.15, 0.2) is 0 Å². The summed E-state index contributed by atoms with van der Waals surface area (Å²) in [6, 6.07) is 2.18. The lowest BCUT2D eigenvalue weighted by atomic mass is 9.86. The first kappa shape index (κ1) is 16.4. The third-order valence-electron chi connectivity index (χ3n) is 4.80.